The van der Waals surface area contributed by atoms with E-state index in [0.717, 1.165) is 35.5 Å². The van der Waals surface area contributed by atoms with Gasteiger partial charge in [0.2, 0.25) is 0 Å². The van der Waals surface area contributed by atoms with Gasteiger partial charge in [-0.2, -0.15) is 5.26 Å². The zero-order valence-corrected chi connectivity index (χ0v) is 17.6. The molecule has 6 nitrogen and oxygen atoms in total. The molecule has 2 aromatic rings. The Bertz CT molecular complexity index is 962. The van der Waals surface area contributed by atoms with Gasteiger partial charge in [-0.15, -0.1) is 0 Å². The number of esters is 1. The molecule has 0 spiro atoms. The van der Waals surface area contributed by atoms with Crippen molar-refractivity contribution >= 4 is 23.6 Å². The van der Waals surface area contributed by atoms with Crippen LogP contribution in [0.25, 0.3) is 6.08 Å². The second-order valence-electron chi connectivity index (χ2n) is 7.05. The topological polar surface area (TPSA) is 84.1 Å². The zero-order chi connectivity index (χ0) is 21.6. The zero-order valence-electron chi connectivity index (χ0n) is 17.6. The number of rotatable bonds is 7. The van der Waals surface area contributed by atoms with E-state index in [0.29, 0.717) is 5.69 Å². The Morgan fingerprint density at radius 3 is 2.48 bits per heavy atom. The minimum Gasteiger partial charge on any atom is -0.448 e. The van der Waals surface area contributed by atoms with Crippen LogP contribution in [0.5, 0.6) is 0 Å². The number of benzene rings is 1. The third-order valence-electron chi connectivity index (χ3n) is 4.67. The Hall–Kier alpha value is -3.33. The Labute approximate surface area is 171 Å². The normalized spacial score (nSPS) is 12.2. The van der Waals surface area contributed by atoms with Crippen molar-refractivity contribution in [3.05, 3.63) is 58.4 Å². The summed E-state index contributed by atoms with van der Waals surface area (Å²) in [5, 5.41) is 12.1. The number of hydrogen-bond donors (Lipinski definition) is 1. The molecule has 0 aliphatic heterocycles. The molecule has 1 aromatic heterocycles. The largest absolute Gasteiger partial charge is 0.448 e. The molecular weight excluding hydrogens is 366 g/mol. The molecule has 2 rings (SSSR count). The predicted octanol–water partition coefficient (Wildman–Crippen LogP) is 4.30. The van der Waals surface area contributed by atoms with Gasteiger partial charge in [0.05, 0.1) is 0 Å². The molecule has 1 aromatic carbocycles. The molecule has 0 saturated carbocycles. The first-order valence-corrected chi connectivity index (χ1v) is 9.63. The summed E-state index contributed by atoms with van der Waals surface area (Å²) in [6.45, 7) is 10.3. The Morgan fingerprint density at radius 2 is 1.90 bits per heavy atom. The van der Waals surface area contributed by atoms with Gasteiger partial charge in [-0.25, -0.2) is 4.79 Å². The van der Waals surface area contributed by atoms with Crippen LogP contribution in [0.4, 0.5) is 5.69 Å². The lowest BCUT2D eigenvalue weighted by Crippen LogP contribution is -2.30. The maximum Gasteiger partial charge on any atom is 0.349 e. The Morgan fingerprint density at radius 1 is 1.24 bits per heavy atom. The van der Waals surface area contributed by atoms with E-state index in [-0.39, 0.29) is 5.57 Å². The second kappa shape index (κ2) is 9.74. The predicted molar refractivity (Wildman–Crippen MR) is 113 cm³/mol. The molecule has 1 N–H and O–H groups in total. The summed E-state index contributed by atoms with van der Waals surface area (Å²) in [6.07, 6.45) is 1.47. The number of nitrogens with one attached hydrogen (secondary N) is 1. The SMILES string of the molecule is CCCn1c(C)cc(/C=C(\C#N)C(=O)O[C@H](C)C(=O)Nc2ccc(C)cc2)c1C. The highest BCUT2D eigenvalue weighted by molar-refractivity contribution is 6.01. The van der Waals surface area contributed by atoms with E-state index in [9.17, 15) is 14.9 Å². The highest BCUT2D eigenvalue weighted by atomic mass is 16.5. The maximum absolute atomic E-state index is 12.4. The third-order valence-corrected chi connectivity index (χ3v) is 4.67. The molecule has 0 aliphatic rings. The number of nitriles is 1. The maximum atomic E-state index is 12.4. The van der Waals surface area contributed by atoms with Crippen molar-refractivity contribution < 1.29 is 14.3 Å². The van der Waals surface area contributed by atoms with Crippen molar-refractivity contribution in [3.8, 4) is 6.07 Å². The molecule has 0 unspecified atom stereocenters. The van der Waals surface area contributed by atoms with Crippen LogP contribution in [0.3, 0.4) is 0 Å². The minimum absolute atomic E-state index is 0.142. The van der Waals surface area contributed by atoms with E-state index >= 15 is 0 Å². The number of ether oxygens (including phenoxy) is 1. The van der Waals surface area contributed by atoms with Gasteiger partial charge in [0.1, 0.15) is 11.6 Å². The van der Waals surface area contributed by atoms with Crippen molar-refractivity contribution in [2.24, 2.45) is 0 Å². The lowest BCUT2D eigenvalue weighted by molar-refractivity contribution is -0.148. The summed E-state index contributed by atoms with van der Waals surface area (Å²) in [7, 11) is 0. The summed E-state index contributed by atoms with van der Waals surface area (Å²) in [5.41, 5.74) is 4.38. The molecule has 1 amide bonds. The van der Waals surface area contributed by atoms with Gasteiger partial charge in [-0.05, 0) is 64.0 Å². The molecule has 0 fully saturated rings. The molecule has 152 valence electrons. The average molecular weight is 393 g/mol. The summed E-state index contributed by atoms with van der Waals surface area (Å²) < 4.78 is 7.35. The van der Waals surface area contributed by atoms with Crippen molar-refractivity contribution in [1.82, 2.24) is 4.57 Å². The van der Waals surface area contributed by atoms with Gasteiger partial charge < -0.3 is 14.6 Å². The molecular formula is C23H27N3O3. The standard InChI is InChI=1S/C23H27N3O3/c1-6-11-26-16(3)12-19(17(26)4)13-20(14-24)23(28)29-18(5)22(27)25-21-9-7-15(2)8-10-21/h7-10,12-13,18H,6,11H2,1-5H3,(H,25,27)/b20-13+/t18-/m1/s1. The van der Waals surface area contributed by atoms with Gasteiger partial charge in [-0.3, -0.25) is 4.79 Å². The highest BCUT2D eigenvalue weighted by Crippen LogP contribution is 2.19. The van der Waals surface area contributed by atoms with Crippen LogP contribution in [-0.2, 0) is 20.9 Å². The molecule has 1 atom stereocenters. The molecule has 0 aliphatic carbocycles. The number of amides is 1. The number of aromatic nitrogens is 1. The lowest BCUT2D eigenvalue weighted by atomic mass is 10.1. The fourth-order valence-electron chi connectivity index (χ4n) is 2.99. The molecule has 6 heteroatoms. The van der Waals surface area contributed by atoms with Crippen LogP contribution in [-0.4, -0.2) is 22.5 Å². The summed E-state index contributed by atoms with van der Waals surface area (Å²) >= 11 is 0. The van der Waals surface area contributed by atoms with E-state index < -0.39 is 18.0 Å². The molecule has 0 bridgehead atoms. The number of anilines is 1. The quantitative estimate of drug-likeness (QED) is 0.432. The van der Waals surface area contributed by atoms with E-state index in [2.05, 4.69) is 16.8 Å². The molecule has 29 heavy (non-hydrogen) atoms. The summed E-state index contributed by atoms with van der Waals surface area (Å²) in [4.78, 5) is 24.7. The van der Waals surface area contributed by atoms with Crippen LogP contribution < -0.4 is 5.32 Å². The molecule has 0 saturated heterocycles. The number of aryl methyl sites for hydroxylation is 2. The Kier molecular flexibility index (Phi) is 7.38. The van der Waals surface area contributed by atoms with Crippen LogP contribution in [0, 0.1) is 32.1 Å². The smallest absolute Gasteiger partial charge is 0.349 e. The van der Waals surface area contributed by atoms with E-state index in [1.807, 2.05) is 45.0 Å². The van der Waals surface area contributed by atoms with Crippen molar-refractivity contribution in [3.63, 3.8) is 0 Å². The van der Waals surface area contributed by atoms with E-state index in [1.54, 1.807) is 12.1 Å². The van der Waals surface area contributed by atoms with Crippen molar-refractivity contribution in [2.75, 3.05) is 5.32 Å². The van der Waals surface area contributed by atoms with Crippen LogP contribution >= 0.6 is 0 Å². The summed E-state index contributed by atoms with van der Waals surface area (Å²) in [5.74, 6) is -1.28. The van der Waals surface area contributed by atoms with Crippen LogP contribution in [0.2, 0.25) is 0 Å². The first-order chi connectivity index (χ1) is 13.8. The van der Waals surface area contributed by atoms with Gasteiger partial charge >= 0.3 is 5.97 Å². The van der Waals surface area contributed by atoms with E-state index in [1.165, 1.54) is 13.0 Å². The van der Waals surface area contributed by atoms with Crippen LogP contribution in [0.15, 0.2) is 35.9 Å². The Balaban J connectivity index is 2.10. The summed E-state index contributed by atoms with van der Waals surface area (Å²) in [6, 6.07) is 11.1. The van der Waals surface area contributed by atoms with Crippen molar-refractivity contribution in [2.45, 2.75) is 53.7 Å². The first kappa shape index (κ1) is 22.0. The van der Waals surface area contributed by atoms with Gasteiger partial charge in [0.25, 0.3) is 5.91 Å². The van der Waals surface area contributed by atoms with Gasteiger partial charge in [0, 0.05) is 23.6 Å². The van der Waals surface area contributed by atoms with Gasteiger partial charge in [-0.1, -0.05) is 24.6 Å². The molecule has 1 heterocycles. The first-order valence-electron chi connectivity index (χ1n) is 9.63. The fourth-order valence-corrected chi connectivity index (χ4v) is 2.99. The number of carbonyl (C=O) groups excluding carboxylic acids is 2. The lowest BCUT2D eigenvalue weighted by Gasteiger charge is -2.13. The highest BCUT2D eigenvalue weighted by Gasteiger charge is 2.21. The van der Waals surface area contributed by atoms with E-state index in [4.69, 9.17) is 4.74 Å². The minimum atomic E-state index is -1.03. The fraction of sp³-hybridized carbons (Fsp3) is 0.348. The molecule has 0 radical (unpaired) electrons. The second-order valence-corrected chi connectivity index (χ2v) is 7.05. The average Bonchev–Trinajstić information content (AvgIpc) is 2.95. The third kappa shape index (κ3) is 5.58. The number of carbonyl (C=O) groups is 2. The monoisotopic (exact) mass is 393 g/mol. The number of hydrogen-bond acceptors (Lipinski definition) is 4. The van der Waals surface area contributed by atoms with Crippen LogP contribution in [0.1, 0.15) is 42.8 Å². The van der Waals surface area contributed by atoms with Crippen molar-refractivity contribution in [1.29, 1.82) is 5.26 Å². The van der Waals surface area contributed by atoms with Gasteiger partial charge in [0.15, 0.2) is 6.10 Å². The number of nitrogens with zero attached hydrogens (tertiary/aromatic N) is 2.